The Hall–Kier alpha value is -1.36. The first-order chi connectivity index (χ1) is 7.79. The molecule has 16 heavy (non-hydrogen) atoms. The Bertz CT molecular complexity index is 377. The molecule has 0 atom stereocenters. The molecular formula is C11H14N2O2S. The van der Waals surface area contributed by atoms with Crippen molar-refractivity contribution in [2.45, 2.75) is 19.3 Å². The SMILES string of the molecule is O=C(Cc1cccs1)N1CCC(=NO)CC1. The summed E-state index contributed by atoms with van der Waals surface area (Å²) >= 11 is 1.61. The van der Waals surface area contributed by atoms with Crippen LogP contribution in [0.4, 0.5) is 0 Å². The van der Waals surface area contributed by atoms with Crippen LogP contribution in [0, 0.1) is 0 Å². The summed E-state index contributed by atoms with van der Waals surface area (Å²) in [6, 6.07) is 3.94. The monoisotopic (exact) mass is 238 g/mol. The zero-order chi connectivity index (χ0) is 11.4. The van der Waals surface area contributed by atoms with E-state index in [1.807, 2.05) is 22.4 Å². The topological polar surface area (TPSA) is 52.9 Å². The van der Waals surface area contributed by atoms with Crippen LogP contribution in [-0.2, 0) is 11.2 Å². The molecule has 0 aromatic carbocycles. The highest BCUT2D eigenvalue weighted by molar-refractivity contribution is 7.10. The van der Waals surface area contributed by atoms with Crippen molar-refractivity contribution in [3.05, 3.63) is 22.4 Å². The van der Waals surface area contributed by atoms with Gasteiger partial charge in [0.15, 0.2) is 0 Å². The van der Waals surface area contributed by atoms with Crippen molar-refractivity contribution in [1.82, 2.24) is 4.90 Å². The molecule has 1 fully saturated rings. The number of oxime groups is 1. The Morgan fingerprint density at radius 2 is 2.25 bits per heavy atom. The predicted octanol–water partition coefficient (Wildman–Crippen LogP) is 1.74. The van der Waals surface area contributed by atoms with Gasteiger partial charge in [0.2, 0.25) is 5.91 Å². The van der Waals surface area contributed by atoms with Crippen molar-refractivity contribution in [1.29, 1.82) is 0 Å². The van der Waals surface area contributed by atoms with Crippen LogP contribution in [0.2, 0.25) is 0 Å². The molecular weight excluding hydrogens is 224 g/mol. The van der Waals surface area contributed by atoms with Crippen molar-refractivity contribution in [3.63, 3.8) is 0 Å². The van der Waals surface area contributed by atoms with Gasteiger partial charge in [0.25, 0.3) is 0 Å². The van der Waals surface area contributed by atoms with Crippen LogP contribution in [0.25, 0.3) is 0 Å². The van der Waals surface area contributed by atoms with E-state index < -0.39 is 0 Å². The number of thiophene rings is 1. The summed E-state index contributed by atoms with van der Waals surface area (Å²) in [5, 5.41) is 13.8. The third-order valence-electron chi connectivity index (χ3n) is 2.74. The van der Waals surface area contributed by atoms with Crippen molar-refractivity contribution < 1.29 is 10.0 Å². The molecule has 1 N–H and O–H groups in total. The first-order valence-corrected chi connectivity index (χ1v) is 6.17. The van der Waals surface area contributed by atoms with Gasteiger partial charge in [0, 0.05) is 30.8 Å². The molecule has 1 aromatic rings. The number of carbonyl (C=O) groups is 1. The number of hydrogen-bond donors (Lipinski definition) is 1. The van der Waals surface area contributed by atoms with Crippen LogP contribution >= 0.6 is 11.3 Å². The zero-order valence-electron chi connectivity index (χ0n) is 8.93. The van der Waals surface area contributed by atoms with Crippen molar-refractivity contribution in [2.75, 3.05) is 13.1 Å². The second-order valence-electron chi connectivity index (χ2n) is 3.80. The van der Waals surface area contributed by atoms with Gasteiger partial charge in [0.05, 0.1) is 12.1 Å². The summed E-state index contributed by atoms with van der Waals surface area (Å²) in [7, 11) is 0. The molecule has 0 spiro atoms. The normalized spacial score (nSPS) is 16.2. The second-order valence-corrected chi connectivity index (χ2v) is 4.84. The average Bonchev–Trinajstić information content (AvgIpc) is 2.82. The molecule has 5 heteroatoms. The van der Waals surface area contributed by atoms with E-state index in [1.54, 1.807) is 11.3 Å². The van der Waals surface area contributed by atoms with Gasteiger partial charge in [-0.25, -0.2) is 0 Å². The fraction of sp³-hybridized carbons (Fsp3) is 0.455. The standard InChI is InChI=1S/C11H14N2O2S/c14-11(8-10-2-1-7-16-10)13-5-3-9(12-15)4-6-13/h1-2,7,15H,3-6,8H2. The molecule has 2 heterocycles. The lowest BCUT2D eigenvalue weighted by atomic mass is 10.1. The van der Waals surface area contributed by atoms with Gasteiger partial charge in [0.1, 0.15) is 0 Å². The molecule has 0 unspecified atom stereocenters. The number of rotatable bonds is 2. The van der Waals surface area contributed by atoms with E-state index in [1.165, 1.54) is 0 Å². The molecule has 1 amide bonds. The van der Waals surface area contributed by atoms with Gasteiger partial charge in [-0.05, 0) is 11.4 Å². The summed E-state index contributed by atoms with van der Waals surface area (Å²) in [5.74, 6) is 0.166. The highest BCUT2D eigenvalue weighted by atomic mass is 32.1. The smallest absolute Gasteiger partial charge is 0.227 e. The summed E-state index contributed by atoms with van der Waals surface area (Å²) in [6.07, 6.45) is 1.86. The lowest BCUT2D eigenvalue weighted by Crippen LogP contribution is -2.39. The largest absolute Gasteiger partial charge is 0.411 e. The summed E-state index contributed by atoms with van der Waals surface area (Å²) in [5.41, 5.74) is 0.792. The molecule has 1 saturated heterocycles. The third kappa shape index (κ3) is 2.61. The van der Waals surface area contributed by atoms with E-state index in [9.17, 15) is 4.79 Å². The van der Waals surface area contributed by atoms with Crippen molar-refractivity contribution >= 4 is 23.0 Å². The Balaban J connectivity index is 1.87. The maximum absolute atomic E-state index is 11.9. The summed E-state index contributed by atoms with van der Waals surface area (Å²) in [6.45, 7) is 1.34. The molecule has 1 aliphatic rings. The fourth-order valence-corrected chi connectivity index (χ4v) is 2.48. The van der Waals surface area contributed by atoms with E-state index in [4.69, 9.17) is 5.21 Å². The lowest BCUT2D eigenvalue weighted by molar-refractivity contribution is -0.130. The lowest BCUT2D eigenvalue weighted by Gasteiger charge is -2.27. The van der Waals surface area contributed by atoms with Crippen molar-refractivity contribution in [3.8, 4) is 0 Å². The molecule has 1 aromatic heterocycles. The van der Waals surface area contributed by atoms with Gasteiger partial charge >= 0.3 is 0 Å². The molecule has 0 radical (unpaired) electrons. The second kappa shape index (κ2) is 5.12. The minimum atomic E-state index is 0.166. The van der Waals surface area contributed by atoms with Gasteiger partial charge in [-0.2, -0.15) is 0 Å². The first kappa shape index (κ1) is 11.1. The number of likely N-dealkylation sites (tertiary alicyclic amines) is 1. The molecule has 86 valence electrons. The third-order valence-corrected chi connectivity index (χ3v) is 3.62. The molecule has 0 aliphatic carbocycles. The highest BCUT2D eigenvalue weighted by Gasteiger charge is 2.20. The maximum atomic E-state index is 11.9. The molecule has 4 nitrogen and oxygen atoms in total. The van der Waals surface area contributed by atoms with E-state index >= 15 is 0 Å². The van der Waals surface area contributed by atoms with Crippen LogP contribution in [-0.4, -0.2) is 34.8 Å². The number of hydrogen-bond acceptors (Lipinski definition) is 4. The fourth-order valence-electron chi connectivity index (χ4n) is 1.79. The Kier molecular flexibility index (Phi) is 3.56. The number of carbonyl (C=O) groups excluding carboxylic acids is 1. The van der Waals surface area contributed by atoms with Crippen LogP contribution in [0.5, 0.6) is 0 Å². The van der Waals surface area contributed by atoms with E-state index in [-0.39, 0.29) is 5.91 Å². The van der Waals surface area contributed by atoms with Gasteiger partial charge in [-0.1, -0.05) is 11.2 Å². The Morgan fingerprint density at radius 1 is 1.50 bits per heavy atom. The van der Waals surface area contributed by atoms with E-state index in [2.05, 4.69) is 5.16 Å². The van der Waals surface area contributed by atoms with E-state index in [0.717, 1.165) is 10.6 Å². The predicted molar refractivity (Wildman–Crippen MR) is 63.1 cm³/mol. The van der Waals surface area contributed by atoms with Crippen molar-refractivity contribution in [2.24, 2.45) is 5.16 Å². The van der Waals surface area contributed by atoms with Crippen LogP contribution in [0.15, 0.2) is 22.7 Å². The maximum Gasteiger partial charge on any atom is 0.227 e. The van der Waals surface area contributed by atoms with Crippen LogP contribution < -0.4 is 0 Å². The van der Waals surface area contributed by atoms with Gasteiger partial charge in [-0.15, -0.1) is 11.3 Å². The molecule has 1 aliphatic heterocycles. The number of piperidine rings is 1. The molecule has 0 saturated carbocycles. The minimum absolute atomic E-state index is 0.166. The summed E-state index contributed by atoms with van der Waals surface area (Å²) < 4.78 is 0. The van der Waals surface area contributed by atoms with Gasteiger partial charge in [-0.3, -0.25) is 4.79 Å². The Labute approximate surface area is 98.2 Å². The summed E-state index contributed by atoms with van der Waals surface area (Å²) in [4.78, 5) is 14.8. The molecule has 0 bridgehead atoms. The molecule has 2 rings (SSSR count). The Morgan fingerprint density at radius 3 is 2.81 bits per heavy atom. The first-order valence-electron chi connectivity index (χ1n) is 5.29. The van der Waals surface area contributed by atoms with Gasteiger partial charge < -0.3 is 10.1 Å². The average molecular weight is 238 g/mol. The van der Waals surface area contributed by atoms with Crippen LogP contribution in [0.3, 0.4) is 0 Å². The quantitative estimate of drug-likeness (QED) is 0.630. The zero-order valence-corrected chi connectivity index (χ0v) is 9.74. The van der Waals surface area contributed by atoms with E-state index in [0.29, 0.717) is 32.4 Å². The minimum Gasteiger partial charge on any atom is -0.411 e. The number of amides is 1. The highest BCUT2D eigenvalue weighted by Crippen LogP contribution is 2.13. The van der Waals surface area contributed by atoms with Crippen LogP contribution in [0.1, 0.15) is 17.7 Å². The number of nitrogens with zero attached hydrogens (tertiary/aromatic N) is 2.